The van der Waals surface area contributed by atoms with Crippen LogP contribution in [0.4, 0.5) is 5.82 Å². The molecule has 0 atom stereocenters. The van der Waals surface area contributed by atoms with Crippen molar-refractivity contribution in [3.63, 3.8) is 0 Å². The highest BCUT2D eigenvalue weighted by Crippen LogP contribution is 2.23. The Hall–Kier alpha value is -1.09. The normalized spacial score (nSPS) is 12.6. The van der Waals surface area contributed by atoms with Gasteiger partial charge < -0.3 is 10.2 Å². The summed E-state index contributed by atoms with van der Waals surface area (Å²) in [6.45, 7) is 14.0. The first-order valence-corrected chi connectivity index (χ1v) is 7.10. The second-order valence-corrected chi connectivity index (χ2v) is 6.82. The minimum Gasteiger partial charge on any atom is -0.355 e. The third-order valence-corrected chi connectivity index (χ3v) is 3.71. The number of hydrogen-bond donors (Lipinski definition) is 1. The summed E-state index contributed by atoms with van der Waals surface area (Å²) in [4.78, 5) is 7.01. The molecule has 1 rings (SSSR count). The summed E-state index contributed by atoms with van der Waals surface area (Å²) in [7, 11) is 2.12. The number of aromatic nitrogens is 1. The number of nitrogens with one attached hydrogen (secondary N) is 1. The maximum atomic E-state index is 4.75. The molecule has 0 bridgehead atoms. The Kier molecular flexibility index (Phi) is 4.97. The van der Waals surface area contributed by atoms with Crippen LogP contribution >= 0.6 is 0 Å². The molecule has 1 N–H and O–H groups in total. The fourth-order valence-corrected chi connectivity index (χ4v) is 1.66. The lowest BCUT2D eigenvalue weighted by Gasteiger charge is -2.36. The van der Waals surface area contributed by atoms with Gasteiger partial charge in [-0.05, 0) is 53.2 Å². The topological polar surface area (TPSA) is 28.2 Å². The molecule has 0 aliphatic rings. The fraction of sp³-hybridized carbons (Fsp3) is 0.688. The molecule has 0 unspecified atom stereocenters. The zero-order chi connectivity index (χ0) is 14.7. The average Bonchev–Trinajstić information content (AvgIpc) is 2.35. The lowest BCUT2D eigenvalue weighted by atomic mass is 10.00. The summed E-state index contributed by atoms with van der Waals surface area (Å²) in [5.41, 5.74) is 1.33. The number of nitrogens with zero attached hydrogens (tertiary/aromatic N) is 2. The van der Waals surface area contributed by atoms with Crippen LogP contribution in [-0.4, -0.2) is 23.1 Å². The molecule has 0 aliphatic heterocycles. The van der Waals surface area contributed by atoms with E-state index in [4.69, 9.17) is 4.98 Å². The van der Waals surface area contributed by atoms with Crippen molar-refractivity contribution in [1.82, 2.24) is 10.3 Å². The van der Waals surface area contributed by atoms with Crippen molar-refractivity contribution in [2.45, 2.75) is 65.6 Å². The van der Waals surface area contributed by atoms with E-state index in [1.54, 1.807) is 0 Å². The smallest absolute Gasteiger partial charge is 0.129 e. The number of pyridine rings is 1. The fourth-order valence-electron chi connectivity index (χ4n) is 1.66. The van der Waals surface area contributed by atoms with Crippen molar-refractivity contribution < 1.29 is 0 Å². The van der Waals surface area contributed by atoms with Gasteiger partial charge in [-0.1, -0.05) is 13.0 Å². The Morgan fingerprint density at radius 1 is 1.16 bits per heavy atom. The molecule has 1 aromatic heterocycles. The highest BCUT2D eigenvalue weighted by atomic mass is 15.2. The monoisotopic (exact) mass is 263 g/mol. The summed E-state index contributed by atoms with van der Waals surface area (Å²) >= 11 is 0. The van der Waals surface area contributed by atoms with Gasteiger partial charge in [-0.3, -0.25) is 0 Å². The van der Waals surface area contributed by atoms with Crippen LogP contribution in [0.15, 0.2) is 18.2 Å². The molecule has 3 nitrogen and oxygen atoms in total. The number of anilines is 1. The van der Waals surface area contributed by atoms with Crippen molar-refractivity contribution in [3.05, 3.63) is 23.9 Å². The van der Waals surface area contributed by atoms with E-state index < -0.39 is 0 Å². The van der Waals surface area contributed by atoms with E-state index in [2.05, 4.69) is 77.0 Å². The predicted octanol–water partition coefficient (Wildman–Crippen LogP) is 3.59. The van der Waals surface area contributed by atoms with Crippen molar-refractivity contribution in [3.8, 4) is 0 Å². The molecule has 0 aromatic carbocycles. The van der Waals surface area contributed by atoms with Gasteiger partial charge in [0.2, 0.25) is 0 Å². The van der Waals surface area contributed by atoms with Crippen LogP contribution in [0.3, 0.4) is 0 Å². The van der Waals surface area contributed by atoms with Gasteiger partial charge >= 0.3 is 0 Å². The average molecular weight is 263 g/mol. The molecule has 0 saturated carbocycles. The Balaban J connectivity index is 2.83. The third-order valence-electron chi connectivity index (χ3n) is 3.71. The molecule has 0 spiro atoms. The van der Waals surface area contributed by atoms with E-state index in [1.165, 1.54) is 0 Å². The second kappa shape index (κ2) is 5.91. The zero-order valence-electron chi connectivity index (χ0n) is 13.5. The number of rotatable bonds is 5. The van der Waals surface area contributed by atoms with Gasteiger partial charge in [0.15, 0.2) is 0 Å². The SMILES string of the molecule is CCC(C)(C)N(C)c1cccc(CNC(C)(C)C)n1. The lowest BCUT2D eigenvalue weighted by molar-refractivity contribution is 0.420. The van der Waals surface area contributed by atoms with E-state index >= 15 is 0 Å². The molecule has 0 fully saturated rings. The van der Waals surface area contributed by atoms with Crippen LogP contribution in [0.2, 0.25) is 0 Å². The molecule has 1 heterocycles. The van der Waals surface area contributed by atoms with Crippen LogP contribution in [0.25, 0.3) is 0 Å². The van der Waals surface area contributed by atoms with Crippen molar-refractivity contribution in [2.24, 2.45) is 0 Å². The minimum absolute atomic E-state index is 0.117. The quantitative estimate of drug-likeness (QED) is 0.880. The van der Waals surface area contributed by atoms with Crippen LogP contribution in [0, 0.1) is 0 Å². The predicted molar refractivity (Wildman–Crippen MR) is 83.6 cm³/mol. The first-order chi connectivity index (χ1) is 8.65. The highest BCUT2D eigenvalue weighted by molar-refractivity contribution is 5.41. The van der Waals surface area contributed by atoms with Crippen molar-refractivity contribution in [2.75, 3.05) is 11.9 Å². The standard InChI is InChI=1S/C16H29N3/c1-8-16(5,6)19(7)14-11-9-10-13(18-14)12-17-15(2,3)4/h9-11,17H,8,12H2,1-7H3. The van der Waals surface area contributed by atoms with Gasteiger partial charge in [-0.2, -0.15) is 0 Å². The lowest BCUT2D eigenvalue weighted by Crippen LogP contribution is -2.41. The molecule has 19 heavy (non-hydrogen) atoms. The Morgan fingerprint density at radius 3 is 2.32 bits per heavy atom. The number of hydrogen-bond acceptors (Lipinski definition) is 3. The van der Waals surface area contributed by atoms with Gasteiger partial charge in [0.25, 0.3) is 0 Å². The van der Waals surface area contributed by atoms with Gasteiger partial charge in [-0.15, -0.1) is 0 Å². The largest absolute Gasteiger partial charge is 0.355 e. The molecular formula is C16H29N3. The third kappa shape index (κ3) is 4.83. The summed E-state index contributed by atoms with van der Waals surface area (Å²) in [6, 6.07) is 6.25. The van der Waals surface area contributed by atoms with Crippen LogP contribution < -0.4 is 10.2 Å². The molecule has 3 heteroatoms. The maximum Gasteiger partial charge on any atom is 0.129 e. The Bertz CT molecular complexity index is 405. The van der Waals surface area contributed by atoms with Crippen molar-refractivity contribution >= 4 is 5.82 Å². The first kappa shape index (κ1) is 16.0. The van der Waals surface area contributed by atoms with Crippen LogP contribution in [0.1, 0.15) is 53.7 Å². The molecule has 1 aromatic rings. The van der Waals surface area contributed by atoms with E-state index in [-0.39, 0.29) is 11.1 Å². The molecule has 0 aliphatic carbocycles. The van der Waals surface area contributed by atoms with E-state index in [9.17, 15) is 0 Å². The van der Waals surface area contributed by atoms with Gasteiger partial charge in [0.1, 0.15) is 5.82 Å². The molecule has 108 valence electrons. The van der Waals surface area contributed by atoms with Crippen LogP contribution in [-0.2, 0) is 6.54 Å². The van der Waals surface area contributed by atoms with Gasteiger partial charge in [0, 0.05) is 24.7 Å². The maximum absolute atomic E-state index is 4.75. The van der Waals surface area contributed by atoms with Crippen LogP contribution in [0.5, 0.6) is 0 Å². The Labute approximate surface area is 118 Å². The Morgan fingerprint density at radius 2 is 1.79 bits per heavy atom. The van der Waals surface area contributed by atoms with Crippen molar-refractivity contribution in [1.29, 1.82) is 0 Å². The molecule has 0 radical (unpaired) electrons. The van der Waals surface area contributed by atoms with E-state index in [1.807, 2.05) is 0 Å². The summed E-state index contributed by atoms with van der Waals surface area (Å²) in [6.07, 6.45) is 1.09. The molecule has 0 amide bonds. The summed E-state index contributed by atoms with van der Waals surface area (Å²) < 4.78 is 0. The first-order valence-electron chi connectivity index (χ1n) is 7.10. The zero-order valence-corrected chi connectivity index (χ0v) is 13.5. The molecular weight excluding hydrogens is 234 g/mol. The van der Waals surface area contributed by atoms with E-state index in [0.29, 0.717) is 0 Å². The summed E-state index contributed by atoms with van der Waals surface area (Å²) in [5.74, 6) is 1.04. The second-order valence-electron chi connectivity index (χ2n) is 6.82. The van der Waals surface area contributed by atoms with Gasteiger partial charge in [-0.25, -0.2) is 4.98 Å². The minimum atomic E-state index is 0.117. The highest BCUT2D eigenvalue weighted by Gasteiger charge is 2.22. The molecule has 0 saturated heterocycles. The summed E-state index contributed by atoms with van der Waals surface area (Å²) in [5, 5.41) is 3.48. The van der Waals surface area contributed by atoms with Gasteiger partial charge in [0.05, 0.1) is 5.69 Å². The van der Waals surface area contributed by atoms with E-state index in [0.717, 1.165) is 24.5 Å².